The lowest BCUT2D eigenvalue weighted by molar-refractivity contribution is 0.259. The molecule has 1 rings (SSSR count). The van der Waals surface area contributed by atoms with E-state index in [2.05, 4.69) is 29.2 Å². The zero-order chi connectivity index (χ0) is 13.5. The highest BCUT2D eigenvalue weighted by Gasteiger charge is 2.15. The summed E-state index contributed by atoms with van der Waals surface area (Å²) in [5, 5.41) is 8.48. The lowest BCUT2D eigenvalue weighted by atomic mass is 10.3. The van der Waals surface area contributed by atoms with Crippen molar-refractivity contribution in [2.75, 3.05) is 26.7 Å². The minimum absolute atomic E-state index is 0.822. The fourth-order valence-electron chi connectivity index (χ4n) is 2.09. The predicted molar refractivity (Wildman–Crippen MR) is 77.1 cm³/mol. The summed E-state index contributed by atoms with van der Waals surface area (Å²) in [6, 6.07) is 0. The van der Waals surface area contributed by atoms with Crippen molar-refractivity contribution in [1.29, 1.82) is 0 Å². The molecule has 0 unspecified atom stereocenters. The van der Waals surface area contributed by atoms with Gasteiger partial charge >= 0.3 is 0 Å². The van der Waals surface area contributed by atoms with E-state index in [0.717, 1.165) is 55.6 Å². The highest BCUT2D eigenvalue weighted by Crippen LogP contribution is 2.21. The summed E-state index contributed by atoms with van der Waals surface area (Å²) in [5.74, 6) is 0. The van der Waals surface area contributed by atoms with Crippen molar-refractivity contribution in [1.82, 2.24) is 20.0 Å². The standard InChI is InChI=1S/C13H25ClN4/c1-5-8-17(9-7-15-4)10-12-13(14)11(3)16-18(12)6-2/h15H,5-10H2,1-4H3. The first-order valence-electron chi connectivity index (χ1n) is 6.72. The normalized spacial score (nSPS) is 11.4. The van der Waals surface area contributed by atoms with Gasteiger partial charge in [-0.05, 0) is 33.9 Å². The molecule has 0 fully saturated rings. The Morgan fingerprint density at radius 3 is 2.61 bits per heavy atom. The summed E-state index contributed by atoms with van der Waals surface area (Å²) in [6.07, 6.45) is 1.15. The number of likely N-dealkylation sites (N-methyl/N-ethyl adjacent to an activating group) is 1. The Morgan fingerprint density at radius 2 is 2.06 bits per heavy atom. The molecule has 1 N–H and O–H groups in total. The van der Waals surface area contributed by atoms with E-state index in [1.54, 1.807) is 0 Å². The number of rotatable bonds is 8. The number of hydrogen-bond acceptors (Lipinski definition) is 3. The van der Waals surface area contributed by atoms with Gasteiger partial charge < -0.3 is 5.32 Å². The first-order chi connectivity index (χ1) is 8.63. The van der Waals surface area contributed by atoms with Gasteiger partial charge in [-0.1, -0.05) is 18.5 Å². The summed E-state index contributed by atoms with van der Waals surface area (Å²) in [6.45, 7) is 11.1. The van der Waals surface area contributed by atoms with Gasteiger partial charge in [0.1, 0.15) is 0 Å². The molecule has 5 heteroatoms. The van der Waals surface area contributed by atoms with Crippen LogP contribution in [0.5, 0.6) is 0 Å². The molecule has 0 bridgehead atoms. The molecule has 0 amide bonds. The van der Waals surface area contributed by atoms with Gasteiger partial charge in [-0.2, -0.15) is 5.10 Å². The number of aryl methyl sites for hydroxylation is 2. The quantitative estimate of drug-likeness (QED) is 0.788. The molecule has 1 aromatic rings. The van der Waals surface area contributed by atoms with Crippen molar-refractivity contribution in [3.8, 4) is 0 Å². The van der Waals surface area contributed by atoms with Gasteiger partial charge in [0.2, 0.25) is 0 Å². The second-order valence-corrected chi connectivity index (χ2v) is 4.92. The molecular weight excluding hydrogens is 248 g/mol. The maximum absolute atomic E-state index is 6.35. The van der Waals surface area contributed by atoms with Gasteiger partial charge in [0.15, 0.2) is 0 Å². The first kappa shape index (κ1) is 15.5. The summed E-state index contributed by atoms with van der Waals surface area (Å²) < 4.78 is 2.01. The number of hydrogen-bond donors (Lipinski definition) is 1. The highest BCUT2D eigenvalue weighted by molar-refractivity contribution is 6.31. The van der Waals surface area contributed by atoms with Crippen LogP contribution in [-0.2, 0) is 13.1 Å². The van der Waals surface area contributed by atoms with Crippen molar-refractivity contribution in [3.05, 3.63) is 16.4 Å². The van der Waals surface area contributed by atoms with Crippen LogP contribution in [0.3, 0.4) is 0 Å². The van der Waals surface area contributed by atoms with Crippen LogP contribution < -0.4 is 5.32 Å². The molecule has 0 spiro atoms. The third-order valence-electron chi connectivity index (χ3n) is 3.04. The monoisotopic (exact) mass is 272 g/mol. The van der Waals surface area contributed by atoms with Crippen LogP contribution in [-0.4, -0.2) is 41.4 Å². The number of halogens is 1. The molecule has 18 heavy (non-hydrogen) atoms. The molecule has 4 nitrogen and oxygen atoms in total. The van der Waals surface area contributed by atoms with E-state index in [-0.39, 0.29) is 0 Å². The van der Waals surface area contributed by atoms with Crippen molar-refractivity contribution >= 4 is 11.6 Å². The smallest absolute Gasteiger partial charge is 0.0860 e. The molecule has 104 valence electrons. The van der Waals surface area contributed by atoms with Crippen molar-refractivity contribution < 1.29 is 0 Å². The Labute approximate surface area is 115 Å². The SMILES string of the molecule is CCCN(CCNC)Cc1c(Cl)c(C)nn1CC. The molecule has 0 aliphatic heterocycles. The Hall–Kier alpha value is -0.580. The van der Waals surface area contributed by atoms with Crippen LogP contribution in [0.2, 0.25) is 5.02 Å². The summed E-state index contributed by atoms with van der Waals surface area (Å²) >= 11 is 6.35. The van der Waals surface area contributed by atoms with Crippen LogP contribution in [0.15, 0.2) is 0 Å². The number of nitrogens with one attached hydrogen (secondary N) is 1. The van der Waals surface area contributed by atoms with Crippen molar-refractivity contribution in [2.45, 2.75) is 40.3 Å². The minimum atomic E-state index is 0.822. The average molecular weight is 273 g/mol. The van der Waals surface area contributed by atoms with Gasteiger partial charge in [-0.3, -0.25) is 9.58 Å². The molecule has 0 atom stereocenters. The van der Waals surface area contributed by atoms with Crippen LogP contribution in [0.1, 0.15) is 31.7 Å². The van der Waals surface area contributed by atoms with E-state index in [4.69, 9.17) is 11.6 Å². The summed E-state index contributed by atoms with van der Waals surface area (Å²) in [4.78, 5) is 2.42. The number of nitrogens with zero attached hydrogens (tertiary/aromatic N) is 3. The van der Waals surface area contributed by atoms with Crippen LogP contribution in [0.4, 0.5) is 0 Å². The fourth-order valence-corrected chi connectivity index (χ4v) is 2.28. The van der Waals surface area contributed by atoms with Gasteiger partial charge in [0.05, 0.1) is 16.4 Å². The van der Waals surface area contributed by atoms with Gasteiger partial charge in [-0.15, -0.1) is 0 Å². The van der Waals surface area contributed by atoms with E-state index < -0.39 is 0 Å². The third kappa shape index (κ3) is 3.97. The zero-order valence-corrected chi connectivity index (χ0v) is 12.7. The second-order valence-electron chi connectivity index (χ2n) is 4.54. The van der Waals surface area contributed by atoms with E-state index >= 15 is 0 Å². The molecule has 0 radical (unpaired) electrons. The summed E-state index contributed by atoms with van der Waals surface area (Å²) in [7, 11) is 1.98. The largest absolute Gasteiger partial charge is 0.318 e. The maximum atomic E-state index is 6.35. The second kappa shape index (κ2) is 7.77. The lowest BCUT2D eigenvalue weighted by Crippen LogP contribution is -2.32. The molecule has 1 aromatic heterocycles. The molecule has 0 aliphatic carbocycles. The first-order valence-corrected chi connectivity index (χ1v) is 7.10. The Kier molecular flexibility index (Phi) is 6.68. The predicted octanol–water partition coefficient (Wildman–Crippen LogP) is 2.30. The molecule has 0 saturated carbocycles. The lowest BCUT2D eigenvalue weighted by Gasteiger charge is -2.22. The summed E-state index contributed by atoms with van der Waals surface area (Å²) in [5.41, 5.74) is 2.07. The van der Waals surface area contributed by atoms with Crippen LogP contribution in [0.25, 0.3) is 0 Å². The topological polar surface area (TPSA) is 33.1 Å². The van der Waals surface area contributed by atoms with Gasteiger partial charge in [0, 0.05) is 26.2 Å². The van der Waals surface area contributed by atoms with Crippen LogP contribution in [0, 0.1) is 6.92 Å². The fraction of sp³-hybridized carbons (Fsp3) is 0.769. The van der Waals surface area contributed by atoms with Gasteiger partial charge in [-0.25, -0.2) is 0 Å². The highest BCUT2D eigenvalue weighted by atomic mass is 35.5. The molecular formula is C13H25ClN4. The van der Waals surface area contributed by atoms with E-state index in [1.165, 1.54) is 0 Å². The number of aromatic nitrogens is 2. The van der Waals surface area contributed by atoms with E-state index in [9.17, 15) is 0 Å². The average Bonchev–Trinajstić information content (AvgIpc) is 2.63. The molecule has 1 heterocycles. The van der Waals surface area contributed by atoms with Crippen molar-refractivity contribution in [3.63, 3.8) is 0 Å². The third-order valence-corrected chi connectivity index (χ3v) is 3.54. The zero-order valence-electron chi connectivity index (χ0n) is 12.0. The van der Waals surface area contributed by atoms with Crippen molar-refractivity contribution in [2.24, 2.45) is 0 Å². The van der Waals surface area contributed by atoms with Crippen LogP contribution >= 0.6 is 11.6 Å². The van der Waals surface area contributed by atoms with E-state index in [0.29, 0.717) is 0 Å². The Bertz CT molecular complexity index is 362. The maximum Gasteiger partial charge on any atom is 0.0860 e. The Morgan fingerprint density at radius 1 is 1.33 bits per heavy atom. The molecule has 0 aromatic carbocycles. The Balaban J connectivity index is 2.78. The molecule has 0 aliphatic rings. The van der Waals surface area contributed by atoms with E-state index in [1.807, 2.05) is 18.7 Å². The minimum Gasteiger partial charge on any atom is -0.318 e. The van der Waals surface area contributed by atoms with Gasteiger partial charge in [0.25, 0.3) is 0 Å². The molecule has 0 saturated heterocycles.